The lowest BCUT2D eigenvalue weighted by atomic mass is 10.2. The van der Waals surface area contributed by atoms with Crippen molar-refractivity contribution < 1.29 is 9.18 Å². The molecular formula is C24H19FN6OS. The number of benzene rings is 2. The first kappa shape index (κ1) is 21.0. The molecule has 1 N–H and O–H groups in total. The maximum atomic E-state index is 13.3. The van der Waals surface area contributed by atoms with Gasteiger partial charge in [-0.25, -0.2) is 9.37 Å². The number of carbonyl (C=O) groups excluding carboxylic acids is 1. The molecule has 2 aromatic carbocycles. The van der Waals surface area contributed by atoms with Crippen LogP contribution < -0.4 is 5.32 Å². The van der Waals surface area contributed by atoms with Crippen molar-refractivity contribution in [1.82, 2.24) is 24.8 Å². The second-order valence-electron chi connectivity index (χ2n) is 7.37. The maximum Gasteiger partial charge on any atom is 0.239 e. The molecule has 0 saturated heterocycles. The molecule has 5 aromatic rings. The molecule has 5 rings (SSSR count). The van der Waals surface area contributed by atoms with Crippen LogP contribution in [0.2, 0.25) is 0 Å². The maximum absolute atomic E-state index is 13.3. The van der Waals surface area contributed by atoms with Crippen molar-refractivity contribution in [3.8, 4) is 11.4 Å². The molecular weight excluding hydrogens is 439 g/mol. The minimum atomic E-state index is -0.367. The van der Waals surface area contributed by atoms with Crippen molar-refractivity contribution in [2.24, 2.45) is 0 Å². The van der Waals surface area contributed by atoms with Crippen LogP contribution in [0.1, 0.15) is 13.3 Å². The Morgan fingerprint density at radius 2 is 1.85 bits per heavy atom. The Labute approximate surface area is 193 Å². The van der Waals surface area contributed by atoms with Crippen LogP contribution in [0.3, 0.4) is 0 Å². The fourth-order valence-electron chi connectivity index (χ4n) is 3.42. The average Bonchev–Trinajstić information content (AvgIpc) is 3.26. The summed E-state index contributed by atoms with van der Waals surface area (Å²) >= 11 is 1.36. The van der Waals surface area contributed by atoms with E-state index >= 15 is 0 Å². The van der Waals surface area contributed by atoms with E-state index in [-0.39, 0.29) is 17.0 Å². The van der Waals surface area contributed by atoms with Crippen LogP contribution in [0.5, 0.6) is 0 Å². The number of hydrogen-bond acceptors (Lipinski definition) is 6. The van der Waals surface area contributed by atoms with E-state index in [0.29, 0.717) is 34.3 Å². The number of pyridine rings is 1. The number of anilines is 1. The number of nitrogens with one attached hydrogen (secondary N) is 1. The SMILES string of the molecule is CC[C@@H](Sc1ccc2nnc(-c3ccc(F)cc3)n2n1)C(=O)Nc1ccc2ccccc2n1. The smallest absolute Gasteiger partial charge is 0.239 e. The zero-order valence-electron chi connectivity index (χ0n) is 17.6. The fraction of sp³-hybridized carbons (Fsp3) is 0.125. The van der Waals surface area contributed by atoms with Crippen LogP contribution in [-0.4, -0.2) is 36.0 Å². The second kappa shape index (κ2) is 8.95. The minimum absolute atomic E-state index is 0.144. The summed E-state index contributed by atoms with van der Waals surface area (Å²) in [6, 6.07) is 21.1. The summed E-state index contributed by atoms with van der Waals surface area (Å²) < 4.78 is 14.9. The number of fused-ring (bicyclic) bond motifs is 2. The Morgan fingerprint density at radius 1 is 1.03 bits per heavy atom. The van der Waals surface area contributed by atoms with E-state index in [1.54, 1.807) is 28.8 Å². The molecule has 1 atom stereocenters. The van der Waals surface area contributed by atoms with Gasteiger partial charge in [-0.2, -0.15) is 9.61 Å². The summed E-state index contributed by atoms with van der Waals surface area (Å²) in [7, 11) is 0. The van der Waals surface area contributed by atoms with Gasteiger partial charge in [0.25, 0.3) is 0 Å². The normalized spacial score (nSPS) is 12.2. The van der Waals surface area contributed by atoms with Crippen LogP contribution in [0.4, 0.5) is 10.2 Å². The highest BCUT2D eigenvalue weighted by Crippen LogP contribution is 2.26. The monoisotopic (exact) mass is 458 g/mol. The molecule has 0 spiro atoms. The Kier molecular flexibility index (Phi) is 5.70. The number of hydrogen-bond donors (Lipinski definition) is 1. The Hall–Kier alpha value is -3.85. The summed E-state index contributed by atoms with van der Waals surface area (Å²) in [5.41, 5.74) is 2.09. The number of thioether (sulfide) groups is 1. The molecule has 0 radical (unpaired) electrons. The first-order valence-electron chi connectivity index (χ1n) is 10.4. The summed E-state index contributed by atoms with van der Waals surface area (Å²) in [5.74, 6) is 0.549. The van der Waals surface area contributed by atoms with E-state index in [2.05, 4.69) is 25.6 Å². The van der Waals surface area contributed by atoms with Gasteiger partial charge in [0, 0.05) is 10.9 Å². The zero-order valence-corrected chi connectivity index (χ0v) is 18.5. The van der Waals surface area contributed by atoms with E-state index in [1.807, 2.05) is 43.3 Å². The molecule has 0 saturated carbocycles. The quantitative estimate of drug-likeness (QED) is 0.361. The van der Waals surface area contributed by atoms with Gasteiger partial charge in [0.15, 0.2) is 11.5 Å². The number of para-hydroxylation sites is 1. The van der Waals surface area contributed by atoms with Gasteiger partial charge in [0.05, 0.1) is 10.8 Å². The predicted octanol–water partition coefficient (Wildman–Crippen LogP) is 4.99. The summed E-state index contributed by atoms with van der Waals surface area (Å²) in [6.45, 7) is 1.95. The van der Waals surface area contributed by atoms with Gasteiger partial charge in [0.1, 0.15) is 16.7 Å². The van der Waals surface area contributed by atoms with Crippen LogP contribution in [-0.2, 0) is 4.79 Å². The number of nitrogens with zero attached hydrogens (tertiary/aromatic N) is 5. The highest BCUT2D eigenvalue weighted by molar-refractivity contribution is 8.00. The van der Waals surface area contributed by atoms with Crippen molar-refractivity contribution in [3.05, 3.63) is 78.6 Å². The minimum Gasteiger partial charge on any atom is -0.310 e. The molecule has 0 aliphatic heterocycles. The molecule has 0 bridgehead atoms. The average molecular weight is 459 g/mol. The number of halogens is 1. The first-order chi connectivity index (χ1) is 16.1. The molecule has 33 heavy (non-hydrogen) atoms. The molecule has 0 aliphatic carbocycles. The Morgan fingerprint density at radius 3 is 2.67 bits per heavy atom. The van der Waals surface area contributed by atoms with E-state index in [0.717, 1.165) is 10.9 Å². The fourth-order valence-corrected chi connectivity index (χ4v) is 4.32. The van der Waals surface area contributed by atoms with Crippen molar-refractivity contribution in [2.75, 3.05) is 5.32 Å². The molecule has 0 unspecified atom stereocenters. The van der Waals surface area contributed by atoms with E-state index in [1.165, 1.54) is 23.9 Å². The summed E-state index contributed by atoms with van der Waals surface area (Å²) in [5, 5.41) is 17.1. The lowest BCUT2D eigenvalue weighted by molar-refractivity contribution is -0.115. The lowest BCUT2D eigenvalue weighted by Gasteiger charge is -2.14. The van der Waals surface area contributed by atoms with Crippen LogP contribution in [0, 0.1) is 5.82 Å². The Balaban J connectivity index is 1.37. The van der Waals surface area contributed by atoms with E-state index in [9.17, 15) is 9.18 Å². The molecule has 3 heterocycles. The largest absolute Gasteiger partial charge is 0.310 e. The third kappa shape index (κ3) is 4.40. The number of amides is 1. The van der Waals surface area contributed by atoms with Crippen molar-refractivity contribution >= 4 is 40.0 Å². The molecule has 1 amide bonds. The van der Waals surface area contributed by atoms with Gasteiger partial charge < -0.3 is 5.32 Å². The van der Waals surface area contributed by atoms with E-state index < -0.39 is 0 Å². The van der Waals surface area contributed by atoms with Gasteiger partial charge >= 0.3 is 0 Å². The molecule has 0 fully saturated rings. The van der Waals surface area contributed by atoms with E-state index in [4.69, 9.17) is 0 Å². The molecule has 3 aromatic heterocycles. The lowest BCUT2D eigenvalue weighted by Crippen LogP contribution is -2.25. The van der Waals surface area contributed by atoms with Gasteiger partial charge in [-0.3, -0.25) is 4.79 Å². The van der Waals surface area contributed by atoms with Crippen LogP contribution >= 0.6 is 11.8 Å². The van der Waals surface area contributed by atoms with Crippen LogP contribution in [0.15, 0.2) is 77.8 Å². The molecule has 9 heteroatoms. The number of rotatable bonds is 6. The van der Waals surface area contributed by atoms with Crippen LogP contribution in [0.25, 0.3) is 27.9 Å². The topological polar surface area (TPSA) is 85.1 Å². The number of carbonyl (C=O) groups is 1. The number of aromatic nitrogens is 5. The molecule has 164 valence electrons. The standard InChI is InChI=1S/C24H19FN6OS/c1-2-19(24(32)27-20-12-9-15-5-3-4-6-18(15)26-20)33-22-14-13-21-28-29-23(31(21)30-22)16-7-10-17(25)11-8-16/h3-14,19H,2H2,1H3,(H,26,27,32)/t19-/m1/s1. The summed E-state index contributed by atoms with van der Waals surface area (Å²) in [6.07, 6.45) is 0.608. The highest BCUT2D eigenvalue weighted by atomic mass is 32.2. The molecule has 0 aliphatic rings. The van der Waals surface area contributed by atoms with Gasteiger partial charge in [-0.15, -0.1) is 10.2 Å². The third-order valence-corrected chi connectivity index (χ3v) is 6.41. The highest BCUT2D eigenvalue weighted by Gasteiger charge is 2.20. The zero-order chi connectivity index (χ0) is 22.8. The van der Waals surface area contributed by atoms with Crippen molar-refractivity contribution in [2.45, 2.75) is 23.6 Å². The molecule has 7 nitrogen and oxygen atoms in total. The third-order valence-electron chi connectivity index (χ3n) is 5.12. The van der Waals surface area contributed by atoms with Gasteiger partial charge in [0.2, 0.25) is 5.91 Å². The van der Waals surface area contributed by atoms with Gasteiger partial charge in [-0.1, -0.05) is 36.9 Å². The first-order valence-corrected chi connectivity index (χ1v) is 11.3. The predicted molar refractivity (Wildman–Crippen MR) is 126 cm³/mol. The second-order valence-corrected chi connectivity index (χ2v) is 8.59. The Bertz CT molecular complexity index is 1450. The van der Waals surface area contributed by atoms with Crippen molar-refractivity contribution in [3.63, 3.8) is 0 Å². The summed E-state index contributed by atoms with van der Waals surface area (Å²) in [4.78, 5) is 17.5. The van der Waals surface area contributed by atoms with Crippen molar-refractivity contribution in [1.29, 1.82) is 0 Å². The van der Waals surface area contributed by atoms with Gasteiger partial charge in [-0.05, 0) is 61.0 Å².